The number of hydrogen-bond acceptors (Lipinski definition) is 2. The molecule has 0 unspecified atom stereocenters. The summed E-state index contributed by atoms with van der Waals surface area (Å²) in [6.45, 7) is -0.0306. The van der Waals surface area contributed by atoms with Crippen LogP contribution in [0.5, 0.6) is 0 Å². The van der Waals surface area contributed by atoms with Gasteiger partial charge >= 0.3 is 0 Å². The maximum absolute atomic E-state index is 13.3. The van der Waals surface area contributed by atoms with Gasteiger partial charge in [-0.3, -0.25) is 4.79 Å². The van der Waals surface area contributed by atoms with E-state index in [0.717, 1.165) is 17.7 Å². The van der Waals surface area contributed by atoms with Crippen LogP contribution in [0.15, 0.2) is 48.5 Å². The summed E-state index contributed by atoms with van der Waals surface area (Å²) in [5.41, 5.74) is 1.58. The minimum absolute atomic E-state index is 0.0306. The van der Waals surface area contributed by atoms with E-state index in [2.05, 4.69) is 5.32 Å². The molecule has 3 rings (SSSR count). The molecule has 5 heteroatoms. The molecule has 126 valence electrons. The second-order valence-corrected chi connectivity index (χ2v) is 6.11. The van der Waals surface area contributed by atoms with Gasteiger partial charge in [-0.05, 0) is 42.0 Å². The molecular formula is C19H19F2NO2. The van der Waals surface area contributed by atoms with E-state index in [1.165, 1.54) is 6.07 Å². The van der Waals surface area contributed by atoms with E-state index in [-0.39, 0.29) is 30.4 Å². The number of carbonyl (C=O) groups is 1. The van der Waals surface area contributed by atoms with Crippen molar-refractivity contribution in [3.05, 3.63) is 71.3 Å². The van der Waals surface area contributed by atoms with Crippen LogP contribution in [0.3, 0.4) is 0 Å². The van der Waals surface area contributed by atoms with E-state index in [9.17, 15) is 18.7 Å². The molecule has 1 aliphatic rings. The zero-order chi connectivity index (χ0) is 17.1. The molecule has 0 saturated heterocycles. The highest BCUT2D eigenvalue weighted by Gasteiger charge is 2.44. The Bertz CT molecular complexity index is 721. The third kappa shape index (κ3) is 3.62. The summed E-state index contributed by atoms with van der Waals surface area (Å²) in [6.07, 6.45) is 1.05. The molecule has 0 aliphatic heterocycles. The normalized spacial score (nSPS) is 20.5. The Hall–Kier alpha value is -2.27. The number of hydrogen-bond donors (Lipinski definition) is 2. The maximum Gasteiger partial charge on any atom is 0.224 e. The average molecular weight is 331 g/mol. The van der Waals surface area contributed by atoms with Crippen molar-refractivity contribution >= 4 is 5.91 Å². The van der Waals surface area contributed by atoms with E-state index >= 15 is 0 Å². The van der Waals surface area contributed by atoms with Crippen LogP contribution in [0.2, 0.25) is 0 Å². The van der Waals surface area contributed by atoms with Crippen LogP contribution in [0.1, 0.15) is 35.9 Å². The molecule has 24 heavy (non-hydrogen) atoms. The molecule has 2 aromatic rings. The lowest BCUT2D eigenvalue weighted by Gasteiger charge is -2.18. The molecule has 1 saturated carbocycles. The highest BCUT2D eigenvalue weighted by molar-refractivity contribution is 5.83. The van der Waals surface area contributed by atoms with Crippen molar-refractivity contribution < 1.29 is 18.7 Å². The first kappa shape index (κ1) is 16.6. The van der Waals surface area contributed by atoms with Crippen LogP contribution in [0.4, 0.5) is 8.78 Å². The third-order valence-electron chi connectivity index (χ3n) is 4.44. The quantitative estimate of drug-likeness (QED) is 0.853. The van der Waals surface area contributed by atoms with Crippen molar-refractivity contribution in [2.75, 3.05) is 6.61 Å². The van der Waals surface area contributed by atoms with E-state index < -0.39 is 11.6 Å². The summed E-state index contributed by atoms with van der Waals surface area (Å²) in [6, 6.07) is 13.0. The second-order valence-electron chi connectivity index (χ2n) is 6.11. The Morgan fingerprint density at radius 1 is 1.17 bits per heavy atom. The summed E-state index contributed by atoms with van der Waals surface area (Å²) < 4.78 is 26.3. The highest BCUT2D eigenvalue weighted by Crippen LogP contribution is 2.48. The van der Waals surface area contributed by atoms with Gasteiger partial charge in [0, 0.05) is 12.5 Å². The minimum Gasteiger partial charge on any atom is -0.396 e. The first-order valence-corrected chi connectivity index (χ1v) is 8.01. The average Bonchev–Trinajstić information content (AvgIpc) is 3.38. The number of carbonyl (C=O) groups excluding carboxylic acids is 1. The van der Waals surface area contributed by atoms with Gasteiger partial charge in [-0.15, -0.1) is 0 Å². The molecule has 0 bridgehead atoms. The predicted molar refractivity (Wildman–Crippen MR) is 86.2 cm³/mol. The van der Waals surface area contributed by atoms with Gasteiger partial charge in [0.25, 0.3) is 0 Å². The first-order chi connectivity index (χ1) is 11.6. The number of aliphatic hydroxyl groups excluding tert-OH is 1. The topological polar surface area (TPSA) is 49.3 Å². The predicted octanol–water partition coefficient (Wildman–Crippen LogP) is 3.31. The molecule has 0 spiro atoms. The molecule has 2 aromatic carbocycles. The highest BCUT2D eigenvalue weighted by atomic mass is 19.2. The van der Waals surface area contributed by atoms with Crippen LogP contribution in [-0.2, 0) is 4.79 Å². The molecule has 1 fully saturated rings. The van der Waals surface area contributed by atoms with Crippen molar-refractivity contribution in [3.63, 3.8) is 0 Å². The Kier molecular flexibility index (Phi) is 4.90. The van der Waals surface area contributed by atoms with Gasteiger partial charge < -0.3 is 10.4 Å². The fraction of sp³-hybridized carbons (Fsp3) is 0.316. The molecule has 0 radical (unpaired) electrons. The van der Waals surface area contributed by atoms with E-state index in [1.54, 1.807) is 0 Å². The number of nitrogens with one attached hydrogen (secondary N) is 1. The molecule has 0 heterocycles. The van der Waals surface area contributed by atoms with Gasteiger partial charge in [-0.25, -0.2) is 8.78 Å². The summed E-state index contributed by atoms with van der Waals surface area (Å²) >= 11 is 0. The number of rotatable bonds is 6. The van der Waals surface area contributed by atoms with Gasteiger partial charge in [-0.1, -0.05) is 36.4 Å². The Labute approximate surface area is 139 Å². The smallest absolute Gasteiger partial charge is 0.224 e. The van der Waals surface area contributed by atoms with Gasteiger partial charge in [0.15, 0.2) is 11.6 Å². The number of halogens is 2. The number of amides is 1. The minimum atomic E-state index is -0.888. The Balaban J connectivity index is 1.65. The molecule has 0 aromatic heterocycles. The third-order valence-corrected chi connectivity index (χ3v) is 4.44. The summed E-state index contributed by atoms with van der Waals surface area (Å²) in [7, 11) is 0. The van der Waals surface area contributed by atoms with E-state index in [1.807, 2.05) is 30.3 Å². The van der Waals surface area contributed by atoms with Gasteiger partial charge in [0.1, 0.15) is 0 Å². The fourth-order valence-corrected chi connectivity index (χ4v) is 3.01. The van der Waals surface area contributed by atoms with Crippen molar-refractivity contribution in [2.24, 2.45) is 5.92 Å². The van der Waals surface area contributed by atoms with Crippen LogP contribution in [0.25, 0.3) is 0 Å². The van der Waals surface area contributed by atoms with Gasteiger partial charge in [0.05, 0.1) is 6.04 Å². The Morgan fingerprint density at radius 2 is 1.92 bits per heavy atom. The van der Waals surface area contributed by atoms with Crippen LogP contribution in [-0.4, -0.2) is 17.6 Å². The zero-order valence-corrected chi connectivity index (χ0v) is 13.1. The van der Waals surface area contributed by atoms with Gasteiger partial charge in [-0.2, -0.15) is 0 Å². The molecule has 1 aliphatic carbocycles. The lowest BCUT2D eigenvalue weighted by atomic mass is 10.0. The second kappa shape index (κ2) is 7.09. The summed E-state index contributed by atoms with van der Waals surface area (Å²) in [4.78, 5) is 12.4. The maximum atomic E-state index is 13.3. The monoisotopic (exact) mass is 331 g/mol. The van der Waals surface area contributed by atoms with Crippen molar-refractivity contribution in [1.82, 2.24) is 5.32 Å². The van der Waals surface area contributed by atoms with E-state index in [4.69, 9.17) is 0 Å². The molecule has 3 atom stereocenters. The standard InChI is InChI=1S/C19H19F2NO2/c20-16-7-6-13(10-17(16)21)14-11-15(14)19(24)22-18(8-9-23)12-4-2-1-3-5-12/h1-7,10,14-15,18,23H,8-9,11H2,(H,22,24)/t14-,15+,18+/m0/s1. The lowest BCUT2D eigenvalue weighted by Crippen LogP contribution is -2.30. The SMILES string of the molecule is O=C(N[C@H](CCO)c1ccccc1)[C@@H]1C[C@H]1c1ccc(F)c(F)c1. The lowest BCUT2D eigenvalue weighted by molar-refractivity contribution is -0.123. The zero-order valence-electron chi connectivity index (χ0n) is 13.1. The van der Waals surface area contributed by atoms with Crippen molar-refractivity contribution in [1.29, 1.82) is 0 Å². The Morgan fingerprint density at radius 3 is 2.58 bits per heavy atom. The molecular weight excluding hydrogens is 312 g/mol. The largest absolute Gasteiger partial charge is 0.396 e. The fourth-order valence-electron chi connectivity index (χ4n) is 3.01. The van der Waals surface area contributed by atoms with Crippen LogP contribution in [0, 0.1) is 17.6 Å². The van der Waals surface area contributed by atoms with Crippen molar-refractivity contribution in [2.45, 2.75) is 24.8 Å². The van der Waals surface area contributed by atoms with Crippen LogP contribution < -0.4 is 5.32 Å². The summed E-state index contributed by atoms with van der Waals surface area (Å²) in [5, 5.41) is 12.2. The molecule has 1 amide bonds. The van der Waals surface area contributed by atoms with Gasteiger partial charge in [0.2, 0.25) is 5.91 Å². The number of aliphatic hydroxyl groups is 1. The summed E-state index contributed by atoms with van der Waals surface area (Å²) in [5.74, 6) is -2.20. The first-order valence-electron chi connectivity index (χ1n) is 8.01. The van der Waals surface area contributed by atoms with E-state index in [0.29, 0.717) is 18.4 Å². The van der Waals surface area contributed by atoms with Crippen molar-refractivity contribution in [3.8, 4) is 0 Å². The van der Waals surface area contributed by atoms with Crippen LogP contribution >= 0.6 is 0 Å². The molecule has 3 nitrogen and oxygen atoms in total. The number of benzene rings is 2. The molecule has 2 N–H and O–H groups in total.